The van der Waals surface area contributed by atoms with Crippen LogP contribution >= 0.6 is 23.2 Å². The van der Waals surface area contributed by atoms with Gasteiger partial charge in [-0.1, -0.05) is 29.3 Å². The first-order valence-electron chi connectivity index (χ1n) is 17.7. The highest BCUT2D eigenvalue weighted by atomic mass is 35.5. The molecule has 0 bridgehead atoms. The summed E-state index contributed by atoms with van der Waals surface area (Å²) in [6.45, 7) is 11.0. The molecule has 0 fully saturated rings. The Hall–Kier alpha value is -5.25. The van der Waals surface area contributed by atoms with E-state index in [9.17, 15) is 0 Å². The Morgan fingerprint density at radius 3 is 2.32 bits per heavy atom. The molecule has 1 aliphatic heterocycles. The topological polar surface area (TPSA) is 91.0 Å². The van der Waals surface area contributed by atoms with Crippen molar-refractivity contribution in [2.45, 2.75) is 53.5 Å². The molecule has 0 aliphatic carbocycles. The number of nitrogens with zero attached hydrogens (tertiary/aromatic N) is 7. The van der Waals surface area contributed by atoms with Crippen molar-refractivity contribution in [3.05, 3.63) is 117 Å². The molecule has 0 saturated heterocycles. The van der Waals surface area contributed by atoms with E-state index in [1.807, 2.05) is 70.1 Å². The number of carbonyl (C=O) groups excluding carboxylic acids is 1. The van der Waals surface area contributed by atoms with Crippen LogP contribution in [0.5, 0.6) is 5.75 Å². The molecule has 268 valence electrons. The summed E-state index contributed by atoms with van der Waals surface area (Å²) in [6, 6.07) is 15.8. The molecule has 0 spiro atoms. The Bertz CT molecular complexity index is 2530. The van der Waals surface area contributed by atoms with Gasteiger partial charge in [-0.05, 0) is 107 Å². The number of benzene rings is 3. The zero-order chi connectivity index (χ0) is 37.1. The lowest BCUT2D eigenvalue weighted by atomic mass is 9.97. The molecule has 8 rings (SSSR count). The molecule has 9 nitrogen and oxygen atoms in total. The molecule has 11 heteroatoms. The van der Waals surface area contributed by atoms with Crippen molar-refractivity contribution in [2.24, 2.45) is 7.05 Å². The van der Waals surface area contributed by atoms with Crippen molar-refractivity contribution in [1.82, 2.24) is 29.1 Å². The van der Waals surface area contributed by atoms with Gasteiger partial charge in [0.15, 0.2) is 5.82 Å². The molecule has 0 radical (unpaired) electrons. The van der Waals surface area contributed by atoms with Gasteiger partial charge in [0, 0.05) is 87.6 Å². The molecular formula is C42H39Cl2N7O2. The summed E-state index contributed by atoms with van der Waals surface area (Å²) in [7, 11) is 2.01. The average Bonchev–Trinajstić information content (AvgIpc) is 3.66. The summed E-state index contributed by atoms with van der Waals surface area (Å²) in [5.74, 6) is 1.35. The third-order valence-corrected chi connectivity index (χ3v) is 11.3. The molecule has 53 heavy (non-hydrogen) atoms. The van der Waals surface area contributed by atoms with E-state index in [-0.39, 0.29) is 11.9 Å². The number of anilines is 1. The lowest BCUT2D eigenvalue weighted by molar-refractivity contribution is 0.0957. The largest absolute Gasteiger partial charge is 0.494 e. The van der Waals surface area contributed by atoms with Gasteiger partial charge in [-0.25, -0.2) is 19.9 Å². The monoisotopic (exact) mass is 743 g/mol. The molecule has 3 aromatic carbocycles. The second-order valence-electron chi connectivity index (χ2n) is 14.0. The van der Waals surface area contributed by atoms with Gasteiger partial charge in [-0.2, -0.15) is 0 Å². The van der Waals surface area contributed by atoms with Crippen LogP contribution in [0.3, 0.4) is 0 Å². The number of hydrogen-bond donors (Lipinski definition) is 0. The fourth-order valence-electron chi connectivity index (χ4n) is 7.93. The Kier molecular flexibility index (Phi) is 8.95. The summed E-state index contributed by atoms with van der Waals surface area (Å²) in [5.41, 5.74) is 10.7. The second-order valence-corrected chi connectivity index (χ2v) is 14.7. The minimum atomic E-state index is -0.0893. The Labute approximate surface area is 318 Å². The first kappa shape index (κ1) is 34.8. The first-order valence-corrected chi connectivity index (χ1v) is 18.5. The molecule has 1 aliphatic rings. The maximum absolute atomic E-state index is 15.2. The highest BCUT2D eigenvalue weighted by molar-refractivity contribution is 6.35. The molecule has 1 atom stereocenters. The van der Waals surface area contributed by atoms with Crippen LogP contribution in [-0.2, 0) is 13.5 Å². The number of rotatable bonds is 8. The van der Waals surface area contributed by atoms with Gasteiger partial charge in [0.25, 0.3) is 5.91 Å². The Morgan fingerprint density at radius 1 is 0.887 bits per heavy atom. The highest BCUT2D eigenvalue weighted by Gasteiger charge is 2.37. The van der Waals surface area contributed by atoms with E-state index in [2.05, 4.69) is 54.2 Å². The van der Waals surface area contributed by atoms with Crippen molar-refractivity contribution >= 4 is 56.6 Å². The van der Waals surface area contributed by atoms with Gasteiger partial charge in [0.2, 0.25) is 0 Å². The lowest BCUT2D eigenvalue weighted by Crippen LogP contribution is -2.42. The van der Waals surface area contributed by atoms with E-state index in [0.717, 1.165) is 83.0 Å². The van der Waals surface area contributed by atoms with Gasteiger partial charge in [0.05, 0.1) is 22.8 Å². The van der Waals surface area contributed by atoms with E-state index in [1.54, 1.807) is 24.8 Å². The van der Waals surface area contributed by atoms with Gasteiger partial charge in [0.1, 0.15) is 17.8 Å². The number of aryl methyl sites for hydroxylation is 6. The minimum Gasteiger partial charge on any atom is -0.494 e. The summed E-state index contributed by atoms with van der Waals surface area (Å²) >= 11 is 13.5. The van der Waals surface area contributed by atoms with Crippen LogP contribution in [0.4, 0.5) is 5.69 Å². The van der Waals surface area contributed by atoms with Crippen LogP contribution < -0.4 is 9.64 Å². The number of halogens is 2. The average molecular weight is 745 g/mol. The molecular weight excluding hydrogens is 705 g/mol. The number of aromatic nitrogens is 6. The van der Waals surface area contributed by atoms with Crippen molar-refractivity contribution in [2.75, 3.05) is 18.1 Å². The molecule has 0 saturated carbocycles. The second kappa shape index (κ2) is 13.6. The van der Waals surface area contributed by atoms with Crippen molar-refractivity contribution in [3.63, 3.8) is 0 Å². The van der Waals surface area contributed by atoms with Crippen molar-refractivity contribution < 1.29 is 9.53 Å². The molecule has 0 unspecified atom stereocenters. The van der Waals surface area contributed by atoms with Crippen molar-refractivity contribution in [3.8, 4) is 28.3 Å². The third kappa shape index (κ3) is 5.92. The van der Waals surface area contributed by atoms with Crippen LogP contribution in [-0.4, -0.2) is 48.1 Å². The molecule has 7 aromatic rings. The normalized spacial score (nSPS) is 14.4. The molecule has 4 aromatic heterocycles. The summed E-state index contributed by atoms with van der Waals surface area (Å²) in [6.07, 6.45) is 8.40. The zero-order valence-electron chi connectivity index (χ0n) is 30.5. The van der Waals surface area contributed by atoms with E-state index < -0.39 is 0 Å². The Morgan fingerprint density at radius 2 is 1.60 bits per heavy atom. The summed E-state index contributed by atoms with van der Waals surface area (Å²) in [4.78, 5) is 35.1. The van der Waals surface area contributed by atoms with Crippen molar-refractivity contribution in [1.29, 1.82) is 0 Å². The zero-order valence-corrected chi connectivity index (χ0v) is 32.0. The van der Waals surface area contributed by atoms with E-state index in [0.29, 0.717) is 42.5 Å². The number of hydrogen-bond acceptors (Lipinski definition) is 6. The van der Waals surface area contributed by atoms with E-state index >= 15 is 4.79 Å². The van der Waals surface area contributed by atoms with Gasteiger partial charge in [-0.3, -0.25) is 4.79 Å². The maximum atomic E-state index is 15.2. The van der Waals surface area contributed by atoms with Crippen LogP contribution in [0.2, 0.25) is 10.0 Å². The number of fused-ring (bicyclic) bond motifs is 4. The highest BCUT2D eigenvalue weighted by Crippen LogP contribution is 2.45. The molecule has 0 N–H and O–H groups in total. The quantitative estimate of drug-likeness (QED) is 0.144. The first-order chi connectivity index (χ1) is 25.5. The lowest BCUT2D eigenvalue weighted by Gasteiger charge is -2.34. The predicted molar refractivity (Wildman–Crippen MR) is 213 cm³/mol. The standard InChI is InChI=1S/C42H39Cl2N7O2/c1-23-17-29(18-24(2)38(23)44)53-16-7-9-30-31-11-12-33(43)37(36-26(4)47-22-48-27(36)5)39(31)51-25(3)20-50(42(52)40(30)51)35-21-49(6)34-13-10-28(19-32(34)35)41-45-14-8-15-46-41/h8,10-15,17-19,21-22,25H,7,9,16,20H2,1-6H3/t25-/m1/s1. The Balaban J connectivity index is 1.26. The number of carbonyl (C=O) groups is 1. The smallest absolute Gasteiger partial charge is 0.275 e. The van der Waals surface area contributed by atoms with E-state index in [4.69, 9.17) is 27.9 Å². The minimum absolute atomic E-state index is 0.0622. The summed E-state index contributed by atoms with van der Waals surface area (Å²) < 4.78 is 10.5. The fourth-order valence-corrected chi connectivity index (χ4v) is 8.29. The van der Waals surface area contributed by atoms with Crippen LogP contribution in [0, 0.1) is 27.7 Å². The fraction of sp³-hybridized carbons (Fsp3) is 0.262. The number of ether oxygens (including phenoxy) is 1. The van der Waals surface area contributed by atoms with Gasteiger partial charge < -0.3 is 18.8 Å². The van der Waals surface area contributed by atoms with Gasteiger partial charge in [-0.15, -0.1) is 0 Å². The SMILES string of the molecule is Cc1cc(OCCCc2c3n(c4c(-c5c(C)ncnc5C)c(Cl)ccc24)[C@H](C)CN(c2cn(C)c4ccc(-c5ncccn5)cc24)C3=O)cc(C)c1Cl. The maximum Gasteiger partial charge on any atom is 0.275 e. The number of amides is 1. The van der Waals surface area contributed by atoms with Crippen LogP contribution in [0.1, 0.15) is 58.0 Å². The van der Waals surface area contributed by atoms with Gasteiger partial charge >= 0.3 is 0 Å². The molecule has 1 amide bonds. The molecule has 5 heterocycles. The van der Waals surface area contributed by atoms with Crippen LogP contribution in [0.15, 0.2) is 73.4 Å². The summed E-state index contributed by atoms with van der Waals surface area (Å²) in [5, 5.41) is 3.29. The van der Waals surface area contributed by atoms with Crippen LogP contribution in [0.25, 0.3) is 44.3 Å². The predicted octanol–water partition coefficient (Wildman–Crippen LogP) is 9.82. The van der Waals surface area contributed by atoms with E-state index in [1.165, 1.54) is 0 Å². The third-order valence-electron chi connectivity index (χ3n) is 10.4.